The zero-order valence-corrected chi connectivity index (χ0v) is 13.4. The van der Waals surface area contributed by atoms with Gasteiger partial charge in [0.05, 0.1) is 11.6 Å². The Morgan fingerprint density at radius 3 is 2.52 bits per heavy atom. The van der Waals surface area contributed by atoms with Crippen molar-refractivity contribution >= 4 is 39.2 Å². The quantitative estimate of drug-likeness (QED) is 0.799. The van der Waals surface area contributed by atoms with Crippen LogP contribution >= 0.6 is 27.5 Å². The fourth-order valence-electron chi connectivity index (χ4n) is 1.80. The minimum Gasteiger partial charge on any atom is -0.467 e. The molecular weight excluding hydrogens is 361 g/mol. The molecule has 1 atom stereocenters. The van der Waals surface area contributed by atoms with Gasteiger partial charge in [0.1, 0.15) is 5.82 Å². The second-order valence-electron chi connectivity index (χ2n) is 4.28. The smallest absolute Gasteiger partial charge is 0.332 e. The molecule has 0 aliphatic heterocycles. The summed E-state index contributed by atoms with van der Waals surface area (Å²) in [5.41, 5.74) is 1.29. The molecular formula is C15H12BrClFNO2. The highest BCUT2D eigenvalue weighted by Gasteiger charge is 2.22. The Kier molecular flexibility index (Phi) is 5.20. The third kappa shape index (κ3) is 3.95. The van der Waals surface area contributed by atoms with Crippen LogP contribution in [0.4, 0.5) is 10.1 Å². The Bertz CT molecular complexity index is 649. The average molecular weight is 373 g/mol. The number of hydrogen-bond donors (Lipinski definition) is 1. The van der Waals surface area contributed by atoms with Crippen molar-refractivity contribution in [3.63, 3.8) is 0 Å². The van der Waals surface area contributed by atoms with Crippen LogP contribution in [0.2, 0.25) is 5.02 Å². The van der Waals surface area contributed by atoms with Crippen molar-refractivity contribution in [3.05, 3.63) is 63.3 Å². The van der Waals surface area contributed by atoms with Crippen molar-refractivity contribution in [2.75, 3.05) is 12.4 Å². The molecule has 2 rings (SSSR count). The summed E-state index contributed by atoms with van der Waals surface area (Å²) >= 11 is 8.93. The largest absolute Gasteiger partial charge is 0.467 e. The van der Waals surface area contributed by atoms with Gasteiger partial charge >= 0.3 is 5.97 Å². The van der Waals surface area contributed by atoms with Gasteiger partial charge in [-0.25, -0.2) is 9.18 Å². The van der Waals surface area contributed by atoms with E-state index in [4.69, 9.17) is 16.3 Å². The fourth-order valence-corrected chi connectivity index (χ4v) is 2.32. The molecule has 6 heteroatoms. The Morgan fingerprint density at radius 1 is 1.29 bits per heavy atom. The van der Waals surface area contributed by atoms with Gasteiger partial charge in [0.2, 0.25) is 0 Å². The zero-order chi connectivity index (χ0) is 15.4. The minimum absolute atomic E-state index is 0.284. The number of esters is 1. The van der Waals surface area contributed by atoms with E-state index in [1.807, 2.05) is 0 Å². The zero-order valence-electron chi connectivity index (χ0n) is 11.1. The van der Waals surface area contributed by atoms with Crippen molar-refractivity contribution < 1.29 is 13.9 Å². The maximum atomic E-state index is 13.3. The van der Waals surface area contributed by atoms with Crippen LogP contribution in [0.15, 0.2) is 46.9 Å². The number of benzene rings is 2. The predicted molar refractivity (Wildman–Crippen MR) is 83.9 cm³/mol. The van der Waals surface area contributed by atoms with Crippen LogP contribution in [-0.2, 0) is 9.53 Å². The number of carbonyl (C=O) groups excluding carboxylic acids is 1. The number of rotatable bonds is 4. The van der Waals surface area contributed by atoms with Crippen molar-refractivity contribution in [2.45, 2.75) is 6.04 Å². The first-order valence-electron chi connectivity index (χ1n) is 6.06. The van der Waals surface area contributed by atoms with E-state index in [9.17, 15) is 9.18 Å². The number of carbonyl (C=O) groups is 1. The molecule has 1 unspecified atom stereocenters. The molecule has 3 nitrogen and oxygen atoms in total. The highest BCUT2D eigenvalue weighted by atomic mass is 79.9. The molecule has 0 amide bonds. The monoisotopic (exact) mass is 371 g/mol. The average Bonchev–Trinajstić information content (AvgIpc) is 2.49. The standard InChI is InChI=1S/C15H12BrClFNO2/c1-21-15(20)14(9-2-7-13(18)12(16)8-9)19-11-5-3-10(17)4-6-11/h2-8,14,19H,1H3. The topological polar surface area (TPSA) is 38.3 Å². The Morgan fingerprint density at radius 2 is 1.95 bits per heavy atom. The molecule has 1 N–H and O–H groups in total. The summed E-state index contributed by atoms with van der Waals surface area (Å²) in [6, 6.07) is 10.5. The summed E-state index contributed by atoms with van der Waals surface area (Å²) in [6.07, 6.45) is 0. The van der Waals surface area contributed by atoms with Gasteiger partial charge in [-0.1, -0.05) is 17.7 Å². The Balaban J connectivity index is 2.31. The van der Waals surface area contributed by atoms with E-state index in [1.54, 1.807) is 30.3 Å². The summed E-state index contributed by atoms with van der Waals surface area (Å²) in [7, 11) is 1.30. The van der Waals surface area contributed by atoms with Gasteiger partial charge in [0.15, 0.2) is 6.04 Å². The highest BCUT2D eigenvalue weighted by molar-refractivity contribution is 9.10. The first kappa shape index (κ1) is 15.8. The number of methoxy groups -OCH3 is 1. The van der Waals surface area contributed by atoms with Crippen LogP contribution in [0.1, 0.15) is 11.6 Å². The molecule has 0 saturated heterocycles. The van der Waals surface area contributed by atoms with Gasteiger partial charge in [-0.3, -0.25) is 0 Å². The number of hydrogen-bond acceptors (Lipinski definition) is 3. The van der Waals surface area contributed by atoms with Crippen LogP contribution in [0.5, 0.6) is 0 Å². The van der Waals surface area contributed by atoms with E-state index in [-0.39, 0.29) is 4.47 Å². The summed E-state index contributed by atoms with van der Waals surface area (Å²) in [4.78, 5) is 12.0. The first-order chi connectivity index (χ1) is 10.0. The van der Waals surface area contributed by atoms with Gasteiger partial charge < -0.3 is 10.1 Å². The molecule has 0 aliphatic carbocycles. The van der Waals surface area contributed by atoms with Crippen molar-refractivity contribution in [3.8, 4) is 0 Å². The third-order valence-corrected chi connectivity index (χ3v) is 3.73. The van der Waals surface area contributed by atoms with Crippen LogP contribution < -0.4 is 5.32 Å². The molecule has 2 aromatic rings. The molecule has 21 heavy (non-hydrogen) atoms. The van der Waals surface area contributed by atoms with E-state index in [0.717, 1.165) is 0 Å². The molecule has 0 radical (unpaired) electrons. The van der Waals surface area contributed by atoms with E-state index >= 15 is 0 Å². The minimum atomic E-state index is -0.743. The molecule has 0 saturated carbocycles. The Labute approximate surface area is 135 Å². The lowest BCUT2D eigenvalue weighted by Gasteiger charge is -2.18. The summed E-state index contributed by atoms with van der Waals surface area (Å²) in [5.74, 6) is -0.864. The SMILES string of the molecule is COC(=O)C(Nc1ccc(Cl)cc1)c1ccc(F)c(Br)c1. The molecule has 0 aromatic heterocycles. The van der Waals surface area contributed by atoms with Crippen molar-refractivity contribution in [2.24, 2.45) is 0 Å². The predicted octanol–water partition coefficient (Wildman–Crippen LogP) is 4.57. The summed E-state index contributed by atoms with van der Waals surface area (Å²) < 4.78 is 18.4. The van der Waals surface area contributed by atoms with Gasteiger partial charge in [-0.05, 0) is 57.9 Å². The number of anilines is 1. The third-order valence-electron chi connectivity index (χ3n) is 2.87. The molecule has 110 valence electrons. The van der Waals surface area contributed by atoms with E-state index in [1.165, 1.54) is 19.2 Å². The Hall–Kier alpha value is -1.59. The van der Waals surface area contributed by atoms with E-state index in [2.05, 4.69) is 21.2 Å². The maximum Gasteiger partial charge on any atom is 0.332 e. The first-order valence-corrected chi connectivity index (χ1v) is 7.23. The lowest BCUT2D eigenvalue weighted by molar-refractivity contribution is -0.141. The van der Waals surface area contributed by atoms with Crippen LogP contribution in [-0.4, -0.2) is 13.1 Å². The van der Waals surface area contributed by atoms with E-state index in [0.29, 0.717) is 16.3 Å². The number of halogens is 3. The fraction of sp³-hybridized carbons (Fsp3) is 0.133. The number of nitrogens with one attached hydrogen (secondary N) is 1. The van der Waals surface area contributed by atoms with Crippen molar-refractivity contribution in [1.82, 2.24) is 0 Å². The molecule has 2 aromatic carbocycles. The van der Waals surface area contributed by atoms with Gasteiger partial charge in [0.25, 0.3) is 0 Å². The second-order valence-corrected chi connectivity index (χ2v) is 5.57. The normalized spacial score (nSPS) is 11.8. The molecule has 0 fully saturated rings. The molecule has 0 heterocycles. The maximum absolute atomic E-state index is 13.3. The van der Waals surface area contributed by atoms with Crippen molar-refractivity contribution in [1.29, 1.82) is 0 Å². The summed E-state index contributed by atoms with van der Waals surface area (Å²) in [5, 5.41) is 3.64. The van der Waals surface area contributed by atoms with Gasteiger partial charge in [-0.15, -0.1) is 0 Å². The van der Waals surface area contributed by atoms with Gasteiger partial charge in [-0.2, -0.15) is 0 Å². The van der Waals surface area contributed by atoms with Gasteiger partial charge in [0, 0.05) is 10.7 Å². The molecule has 0 spiro atoms. The van der Waals surface area contributed by atoms with E-state index < -0.39 is 17.8 Å². The van der Waals surface area contributed by atoms with Crippen LogP contribution in [0, 0.1) is 5.82 Å². The van der Waals surface area contributed by atoms with Crippen LogP contribution in [0.3, 0.4) is 0 Å². The second kappa shape index (κ2) is 6.91. The molecule has 0 bridgehead atoms. The lowest BCUT2D eigenvalue weighted by atomic mass is 10.1. The number of ether oxygens (including phenoxy) is 1. The van der Waals surface area contributed by atoms with Crippen LogP contribution in [0.25, 0.3) is 0 Å². The summed E-state index contributed by atoms with van der Waals surface area (Å²) in [6.45, 7) is 0. The molecule has 0 aliphatic rings. The highest BCUT2D eigenvalue weighted by Crippen LogP contribution is 2.26. The lowest BCUT2D eigenvalue weighted by Crippen LogP contribution is -2.22.